The van der Waals surface area contributed by atoms with Crippen molar-refractivity contribution in [2.24, 2.45) is 0 Å². The Morgan fingerprint density at radius 2 is 2.21 bits per heavy atom. The highest BCUT2D eigenvalue weighted by molar-refractivity contribution is 6.30. The summed E-state index contributed by atoms with van der Waals surface area (Å²) in [6.07, 6.45) is 2.60. The van der Waals surface area contributed by atoms with Crippen molar-refractivity contribution >= 4 is 23.1 Å². The maximum Gasteiger partial charge on any atom is 0.352 e. The first-order valence-electron chi connectivity index (χ1n) is 5.29. The number of benzene rings is 1. The maximum atomic E-state index is 11.1. The number of nitrogens with zero attached hydrogens (tertiary/aromatic N) is 1. The molecule has 3 N–H and O–H groups in total. The number of hydrogen-bond acceptors (Lipinski definition) is 4. The molecule has 1 aromatic rings. The molecule has 0 bridgehead atoms. The summed E-state index contributed by atoms with van der Waals surface area (Å²) in [7, 11) is 0. The lowest BCUT2D eigenvalue weighted by Gasteiger charge is -2.25. The van der Waals surface area contributed by atoms with Crippen LogP contribution in [0.15, 0.2) is 42.3 Å². The first-order chi connectivity index (χ1) is 8.99. The van der Waals surface area contributed by atoms with Crippen LogP contribution in [0.2, 0.25) is 5.02 Å². The van der Waals surface area contributed by atoms with Gasteiger partial charge in [-0.15, -0.1) is 0 Å². The second kappa shape index (κ2) is 4.67. The van der Waals surface area contributed by atoms with E-state index in [4.69, 9.17) is 22.0 Å². The quantitative estimate of drug-likeness (QED) is 0.769. The summed E-state index contributed by atoms with van der Waals surface area (Å²) < 4.78 is 0. The molecule has 0 radical (unpaired) electrons. The smallest absolute Gasteiger partial charge is 0.352 e. The van der Waals surface area contributed by atoms with Gasteiger partial charge in [-0.3, -0.25) is 0 Å². The third-order valence-electron chi connectivity index (χ3n) is 2.77. The molecule has 6 heteroatoms. The van der Waals surface area contributed by atoms with Crippen LogP contribution < -0.4 is 5.32 Å². The number of halogens is 1. The highest BCUT2D eigenvalue weighted by Gasteiger charge is 2.44. The van der Waals surface area contributed by atoms with Gasteiger partial charge in [-0.25, -0.2) is 4.79 Å². The van der Waals surface area contributed by atoms with Gasteiger partial charge in [0.2, 0.25) is 0 Å². The van der Waals surface area contributed by atoms with Crippen LogP contribution in [0.4, 0.5) is 0 Å². The first kappa shape index (κ1) is 13.0. The zero-order valence-corrected chi connectivity index (χ0v) is 10.3. The van der Waals surface area contributed by atoms with Gasteiger partial charge in [0.1, 0.15) is 11.8 Å². The van der Waals surface area contributed by atoms with Crippen molar-refractivity contribution < 1.29 is 15.0 Å². The lowest BCUT2D eigenvalue weighted by atomic mass is 9.92. The summed E-state index contributed by atoms with van der Waals surface area (Å²) in [5.74, 6) is -2.04. The van der Waals surface area contributed by atoms with Crippen molar-refractivity contribution in [2.75, 3.05) is 0 Å². The molecule has 1 unspecified atom stereocenters. The van der Waals surface area contributed by atoms with Crippen LogP contribution in [0, 0.1) is 11.3 Å². The number of carboxylic acids is 1. The molecule has 0 amide bonds. The van der Waals surface area contributed by atoms with Gasteiger partial charge >= 0.3 is 5.97 Å². The molecule has 96 valence electrons. The summed E-state index contributed by atoms with van der Waals surface area (Å²) in [4.78, 5) is 11.1. The van der Waals surface area contributed by atoms with Gasteiger partial charge in [0.15, 0.2) is 0 Å². The second-order valence-electron chi connectivity index (χ2n) is 3.95. The van der Waals surface area contributed by atoms with E-state index in [0.717, 1.165) is 0 Å². The van der Waals surface area contributed by atoms with Gasteiger partial charge in [0.05, 0.1) is 0 Å². The number of aliphatic carboxylic acids is 1. The highest BCUT2D eigenvalue weighted by Crippen LogP contribution is 2.27. The molecule has 2 rings (SSSR count). The fourth-order valence-corrected chi connectivity index (χ4v) is 1.89. The van der Waals surface area contributed by atoms with Crippen LogP contribution in [0.3, 0.4) is 0 Å². The summed E-state index contributed by atoms with van der Waals surface area (Å²) >= 11 is 5.86. The van der Waals surface area contributed by atoms with E-state index in [0.29, 0.717) is 16.2 Å². The van der Waals surface area contributed by atoms with Gasteiger partial charge in [0, 0.05) is 16.8 Å². The normalized spacial score (nSPS) is 21.7. The molecular weight excluding hydrogens is 268 g/mol. The number of carboxylic acid groups (broad SMARTS) is 1. The predicted octanol–water partition coefficient (Wildman–Crippen LogP) is 2.07. The zero-order valence-electron chi connectivity index (χ0n) is 9.59. The molecule has 5 nitrogen and oxygen atoms in total. The summed E-state index contributed by atoms with van der Waals surface area (Å²) in [6.45, 7) is 0. The summed E-state index contributed by atoms with van der Waals surface area (Å²) in [5.41, 5.74) is -0.905. The van der Waals surface area contributed by atoms with Crippen LogP contribution in [-0.2, 0) is 4.79 Å². The Morgan fingerprint density at radius 3 is 2.74 bits per heavy atom. The van der Waals surface area contributed by atoms with Crippen molar-refractivity contribution in [2.45, 2.75) is 5.54 Å². The fourth-order valence-electron chi connectivity index (χ4n) is 1.70. The number of nitriles is 1. The lowest BCUT2D eigenvalue weighted by molar-refractivity contribution is -0.141. The van der Waals surface area contributed by atoms with Crippen molar-refractivity contribution in [3.63, 3.8) is 0 Å². The topological polar surface area (TPSA) is 93.4 Å². The van der Waals surface area contributed by atoms with E-state index in [9.17, 15) is 9.90 Å². The van der Waals surface area contributed by atoms with Crippen LogP contribution >= 0.6 is 11.6 Å². The van der Waals surface area contributed by atoms with Crippen LogP contribution in [-0.4, -0.2) is 21.7 Å². The lowest BCUT2D eigenvalue weighted by Crippen LogP contribution is -2.51. The molecule has 1 heterocycles. The molecule has 1 aromatic carbocycles. The van der Waals surface area contributed by atoms with E-state index in [1.807, 2.05) is 0 Å². The van der Waals surface area contributed by atoms with E-state index in [-0.39, 0.29) is 0 Å². The van der Waals surface area contributed by atoms with Gasteiger partial charge < -0.3 is 15.5 Å². The molecule has 0 aliphatic carbocycles. The summed E-state index contributed by atoms with van der Waals surface area (Å²) in [6, 6.07) is 8.39. The molecule has 0 saturated heterocycles. The third-order valence-corrected chi connectivity index (χ3v) is 3.00. The Morgan fingerprint density at radius 1 is 1.47 bits per heavy atom. The molecule has 0 aromatic heterocycles. The number of rotatable bonds is 2. The number of carbonyl (C=O) groups is 1. The Kier molecular flexibility index (Phi) is 3.19. The van der Waals surface area contributed by atoms with Gasteiger partial charge in [0.25, 0.3) is 5.54 Å². The number of aliphatic hydroxyl groups excluding tert-OH is 1. The Labute approximate surface area is 114 Å². The molecule has 0 fully saturated rings. The minimum atomic E-state index is -2.14. The van der Waals surface area contributed by atoms with Crippen LogP contribution in [0.1, 0.15) is 5.56 Å². The molecular formula is C13H9ClN2O3. The number of dihydropyridines is 1. The van der Waals surface area contributed by atoms with Gasteiger partial charge in [-0.05, 0) is 23.8 Å². The van der Waals surface area contributed by atoms with E-state index >= 15 is 0 Å². The minimum absolute atomic E-state index is 0.515. The Balaban J connectivity index is 2.42. The minimum Gasteiger partial charge on any atom is -0.508 e. The predicted molar refractivity (Wildman–Crippen MR) is 69.3 cm³/mol. The standard InChI is InChI=1S/C13H9ClN2O3/c14-10-3-1-2-8(4-10)9-5-11(17)13(7-15,12(18)19)16-6-9/h1-6,16-17H,(H,18,19). The zero-order chi connectivity index (χ0) is 14.0. The molecule has 0 saturated carbocycles. The van der Waals surface area contributed by atoms with Crippen LogP contribution in [0.25, 0.3) is 5.57 Å². The molecule has 1 aliphatic rings. The SMILES string of the molecule is N#CC1(C(=O)O)NC=C(c2cccc(Cl)c2)C=C1O. The number of allylic oxidation sites excluding steroid dienone is 2. The Hall–Kier alpha value is -2.45. The van der Waals surface area contributed by atoms with Crippen molar-refractivity contribution in [1.29, 1.82) is 5.26 Å². The monoisotopic (exact) mass is 276 g/mol. The highest BCUT2D eigenvalue weighted by atomic mass is 35.5. The van der Waals surface area contributed by atoms with E-state index in [1.165, 1.54) is 12.3 Å². The summed E-state index contributed by atoms with van der Waals surface area (Å²) in [5, 5.41) is 30.7. The maximum absolute atomic E-state index is 11.1. The van der Waals surface area contributed by atoms with Gasteiger partial charge in [-0.2, -0.15) is 5.26 Å². The molecule has 0 spiro atoms. The number of aliphatic hydroxyl groups is 1. The van der Waals surface area contributed by atoms with E-state index in [1.54, 1.807) is 30.3 Å². The average Bonchev–Trinajstić information content (AvgIpc) is 2.38. The van der Waals surface area contributed by atoms with Gasteiger partial charge in [-0.1, -0.05) is 23.7 Å². The Bertz CT molecular complexity index is 646. The van der Waals surface area contributed by atoms with Crippen molar-refractivity contribution in [1.82, 2.24) is 5.32 Å². The largest absolute Gasteiger partial charge is 0.508 e. The average molecular weight is 277 g/mol. The second-order valence-corrected chi connectivity index (χ2v) is 4.39. The number of hydrogen-bond donors (Lipinski definition) is 3. The van der Waals surface area contributed by atoms with E-state index < -0.39 is 17.3 Å². The third kappa shape index (κ3) is 2.14. The van der Waals surface area contributed by atoms with Crippen molar-refractivity contribution in [3.05, 3.63) is 52.9 Å². The van der Waals surface area contributed by atoms with E-state index in [2.05, 4.69) is 5.32 Å². The fraction of sp³-hybridized carbons (Fsp3) is 0.0769. The first-order valence-corrected chi connectivity index (χ1v) is 5.67. The molecule has 1 aliphatic heterocycles. The number of nitrogens with one attached hydrogen (secondary N) is 1. The molecule has 1 atom stereocenters. The molecule has 19 heavy (non-hydrogen) atoms. The van der Waals surface area contributed by atoms with Crippen molar-refractivity contribution in [3.8, 4) is 6.07 Å². The van der Waals surface area contributed by atoms with Crippen LogP contribution in [0.5, 0.6) is 0 Å².